The number of carbonyl (C=O) groups is 1. The molecule has 0 aliphatic carbocycles. The highest BCUT2D eigenvalue weighted by Crippen LogP contribution is 2.34. The van der Waals surface area contributed by atoms with E-state index < -0.39 is 28.3 Å². The van der Waals surface area contributed by atoms with Gasteiger partial charge in [-0.25, -0.2) is 17.2 Å². The zero-order valence-electron chi connectivity index (χ0n) is 19.0. The third-order valence-corrected chi connectivity index (χ3v) is 8.19. The lowest BCUT2D eigenvalue weighted by atomic mass is 10.0. The molecule has 0 saturated carbocycles. The summed E-state index contributed by atoms with van der Waals surface area (Å²) in [6.07, 6.45) is -3.49. The van der Waals surface area contributed by atoms with Crippen molar-refractivity contribution in [3.63, 3.8) is 0 Å². The van der Waals surface area contributed by atoms with Gasteiger partial charge in [-0.1, -0.05) is 24.3 Å². The van der Waals surface area contributed by atoms with E-state index in [-0.39, 0.29) is 37.6 Å². The number of anilines is 1. The summed E-state index contributed by atoms with van der Waals surface area (Å²) >= 11 is 0. The van der Waals surface area contributed by atoms with Gasteiger partial charge in [0.1, 0.15) is 5.75 Å². The Kier molecular flexibility index (Phi) is 6.96. The van der Waals surface area contributed by atoms with Crippen molar-refractivity contribution in [2.75, 3.05) is 44.7 Å². The summed E-state index contributed by atoms with van der Waals surface area (Å²) in [7, 11) is -2.43. The van der Waals surface area contributed by atoms with Gasteiger partial charge in [0.25, 0.3) is 5.91 Å². The first kappa shape index (κ1) is 25.2. The number of alkyl halides is 4. The van der Waals surface area contributed by atoms with E-state index >= 15 is 0 Å². The van der Waals surface area contributed by atoms with E-state index in [1.807, 2.05) is 24.3 Å². The molecule has 0 spiro atoms. The van der Waals surface area contributed by atoms with Crippen molar-refractivity contribution in [3.05, 3.63) is 53.6 Å². The van der Waals surface area contributed by atoms with Crippen molar-refractivity contribution in [3.8, 4) is 5.75 Å². The van der Waals surface area contributed by atoms with E-state index in [4.69, 9.17) is 4.74 Å². The second kappa shape index (κ2) is 9.65. The van der Waals surface area contributed by atoms with Crippen molar-refractivity contribution in [1.82, 2.24) is 9.21 Å². The van der Waals surface area contributed by atoms with Gasteiger partial charge in [-0.3, -0.25) is 4.79 Å². The van der Waals surface area contributed by atoms with Gasteiger partial charge in [-0.05, 0) is 35.7 Å². The van der Waals surface area contributed by atoms with Crippen LogP contribution in [0.5, 0.6) is 5.75 Å². The maximum absolute atomic E-state index is 13.5. The fourth-order valence-electron chi connectivity index (χ4n) is 4.36. The number of halogens is 4. The molecule has 1 fully saturated rings. The summed E-state index contributed by atoms with van der Waals surface area (Å²) in [6.45, 7) is 0.233. The van der Waals surface area contributed by atoms with Gasteiger partial charge in [-0.15, -0.1) is 0 Å². The lowest BCUT2D eigenvalue weighted by Gasteiger charge is -2.38. The van der Waals surface area contributed by atoms with Gasteiger partial charge < -0.3 is 14.5 Å². The molecule has 2 aliphatic heterocycles. The Morgan fingerprint density at radius 1 is 1.00 bits per heavy atom. The van der Waals surface area contributed by atoms with Crippen molar-refractivity contribution >= 4 is 21.6 Å². The average Bonchev–Trinajstić information content (AvgIpc) is 2.87. The molecule has 0 radical (unpaired) electrons. The van der Waals surface area contributed by atoms with Gasteiger partial charge in [0.2, 0.25) is 10.0 Å². The lowest BCUT2D eigenvalue weighted by Crippen LogP contribution is -2.55. The van der Waals surface area contributed by atoms with Crippen LogP contribution in [-0.4, -0.2) is 75.7 Å². The monoisotopic (exact) mass is 515 g/mol. The summed E-state index contributed by atoms with van der Waals surface area (Å²) in [5, 5.41) is 0. The van der Waals surface area contributed by atoms with Crippen LogP contribution >= 0.6 is 0 Å². The number of rotatable bonds is 6. The molecule has 0 unspecified atom stereocenters. The highest BCUT2D eigenvalue weighted by atomic mass is 32.2. The minimum Gasteiger partial charge on any atom is -0.495 e. The van der Waals surface area contributed by atoms with E-state index in [1.165, 1.54) is 29.6 Å². The molecule has 2 heterocycles. The number of methoxy groups -OCH3 is 1. The fraction of sp³-hybridized carbons (Fsp3) is 0.435. The average molecular weight is 516 g/mol. The second-order valence-electron chi connectivity index (χ2n) is 8.39. The van der Waals surface area contributed by atoms with Gasteiger partial charge >= 0.3 is 12.3 Å². The number of hydrogen-bond acceptors (Lipinski definition) is 5. The SMILES string of the molecule is COc1ccc(S(=O)(=O)N2CCc3ccccc3C2)cc1N1CCN(C(=O)C(F)(F)C(F)F)CC1. The molecule has 1 amide bonds. The van der Waals surface area contributed by atoms with E-state index in [9.17, 15) is 30.8 Å². The number of piperazine rings is 1. The smallest absolute Gasteiger partial charge is 0.383 e. The van der Waals surface area contributed by atoms with Crippen LogP contribution in [0.4, 0.5) is 23.2 Å². The summed E-state index contributed by atoms with van der Waals surface area (Å²) in [5.41, 5.74) is 2.47. The van der Waals surface area contributed by atoms with Crippen LogP contribution < -0.4 is 9.64 Å². The number of carbonyl (C=O) groups excluding carboxylic acids is 1. The number of amides is 1. The minimum atomic E-state index is -4.75. The Labute approximate surface area is 200 Å². The molecule has 2 aliphatic rings. The molecule has 2 aromatic rings. The zero-order chi connectivity index (χ0) is 25.4. The minimum absolute atomic E-state index is 0.0437. The summed E-state index contributed by atoms with van der Waals surface area (Å²) < 4.78 is 85.7. The number of ether oxygens (including phenoxy) is 1. The van der Waals surface area contributed by atoms with E-state index in [1.54, 1.807) is 4.90 Å². The third kappa shape index (κ3) is 4.81. The number of sulfonamides is 1. The second-order valence-corrected chi connectivity index (χ2v) is 10.3. The molecule has 0 bridgehead atoms. The van der Waals surface area contributed by atoms with Crippen molar-refractivity contribution < 1.29 is 35.5 Å². The normalized spacial score (nSPS) is 17.4. The van der Waals surface area contributed by atoms with Gasteiger partial charge in [-0.2, -0.15) is 13.1 Å². The molecular formula is C23H25F4N3O4S. The summed E-state index contributed by atoms with van der Waals surface area (Å²) in [4.78, 5) is 14.3. The van der Waals surface area contributed by atoms with E-state index in [0.717, 1.165) is 11.1 Å². The van der Waals surface area contributed by atoms with Crippen molar-refractivity contribution in [2.45, 2.75) is 30.2 Å². The van der Waals surface area contributed by atoms with Crippen LogP contribution in [0.1, 0.15) is 11.1 Å². The maximum Gasteiger partial charge on any atom is 0.383 e. The Bertz CT molecular complexity index is 1200. The van der Waals surface area contributed by atoms with E-state index in [2.05, 4.69) is 0 Å². The molecule has 0 atom stereocenters. The number of benzene rings is 2. The molecule has 12 heteroatoms. The van der Waals surface area contributed by atoms with Gasteiger partial charge in [0, 0.05) is 39.3 Å². The van der Waals surface area contributed by atoms with Crippen LogP contribution in [0.3, 0.4) is 0 Å². The summed E-state index contributed by atoms with van der Waals surface area (Å²) in [5.74, 6) is -6.30. The molecule has 35 heavy (non-hydrogen) atoms. The van der Waals surface area contributed by atoms with Gasteiger partial charge in [0.15, 0.2) is 0 Å². The van der Waals surface area contributed by atoms with Gasteiger partial charge in [0.05, 0.1) is 17.7 Å². The first-order valence-electron chi connectivity index (χ1n) is 11.0. The third-order valence-electron chi connectivity index (χ3n) is 6.35. The van der Waals surface area contributed by atoms with Crippen LogP contribution in [0.2, 0.25) is 0 Å². The Hall–Kier alpha value is -2.86. The number of nitrogens with zero attached hydrogens (tertiary/aromatic N) is 3. The van der Waals surface area contributed by atoms with E-state index in [0.29, 0.717) is 29.3 Å². The Balaban J connectivity index is 1.54. The molecular weight excluding hydrogens is 490 g/mol. The lowest BCUT2D eigenvalue weighted by molar-refractivity contribution is -0.180. The number of fused-ring (bicyclic) bond motifs is 1. The quantitative estimate of drug-likeness (QED) is 0.554. The molecule has 0 aromatic heterocycles. The topological polar surface area (TPSA) is 70.2 Å². The molecule has 190 valence electrons. The molecule has 4 rings (SSSR count). The van der Waals surface area contributed by atoms with Crippen LogP contribution in [0, 0.1) is 0 Å². The Morgan fingerprint density at radius 2 is 1.66 bits per heavy atom. The standard InChI is InChI=1S/C23H25F4N3O4S/c1-34-20-7-6-18(35(32,33)30-9-8-16-4-2-3-5-17(16)15-30)14-19(20)28-10-12-29(13-11-28)22(31)23(26,27)21(24)25/h2-7,14,21H,8-13,15H2,1H3. The predicted molar refractivity (Wildman–Crippen MR) is 120 cm³/mol. The highest BCUT2D eigenvalue weighted by molar-refractivity contribution is 7.89. The molecule has 1 saturated heterocycles. The van der Waals surface area contributed by atoms with Crippen LogP contribution in [-0.2, 0) is 27.8 Å². The largest absolute Gasteiger partial charge is 0.495 e. The molecule has 0 N–H and O–H groups in total. The fourth-order valence-corrected chi connectivity index (χ4v) is 5.80. The van der Waals surface area contributed by atoms with Crippen LogP contribution in [0.25, 0.3) is 0 Å². The number of hydrogen-bond donors (Lipinski definition) is 0. The molecule has 2 aromatic carbocycles. The predicted octanol–water partition coefficient (Wildman–Crippen LogP) is 2.99. The summed E-state index contributed by atoms with van der Waals surface area (Å²) in [6, 6.07) is 12.1. The van der Waals surface area contributed by atoms with Crippen LogP contribution in [0.15, 0.2) is 47.4 Å². The molecule has 7 nitrogen and oxygen atoms in total. The highest BCUT2D eigenvalue weighted by Gasteiger charge is 2.51. The first-order valence-corrected chi connectivity index (χ1v) is 12.4. The Morgan fingerprint density at radius 3 is 2.29 bits per heavy atom. The van der Waals surface area contributed by atoms with Crippen molar-refractivity contribution in [1.29, 1.82) is 0 Å². The zero-order valence-corrected chi connectivity index (χ0v) is 19.8. The first-order chi connectivity index (χ1) is 16.6. The maximum atomic E-state index is 13.5. The van der Waals surface area contributed by atoms with Crippen molar-refractivity contribution in [2.24, 2.45) is 0 Å².